The van der Waals surface area contributed by atoms with E-state index in [0.717, 1.165) is 23.5 Å². The van der Waals surface area contributed by atoms with Gasteiger partial charge in [-0.15, -0.1) is 0 Å². The zero-order valence-corrected chi connectivity index (χ0v) is 19.1. The van der Waals surface area contributed by atoms with Crippen LogP contribution in [-0.4, -0.2) is 62.3 Å². The Morgan fingerprint density at radius 2 is 1.75 bits per heavy atom. The molecule has 0 aliphatic carbocycles. The Morgan fingerprint density at radius 3 is 2.38 bits per heavy atom. The van der Waals surface area contributed by atoms with Gasteiger partial charge in [-0.05, 0) is 37.5 Å². The average molecular weight is 480 g/mol. The fraction of sp³-hybridized carbons (Fsp3) is 0.429. The van der Waals surface area contributed by atoms with Crippen LogP contribution in [-0.2, 0) is 31.2 Å². The van der Waals surface area contributed by atoms with Crippen LogP contribution in [0.3, 0.4) is 0 Å². The normalized spacial score (nSPS) is 20.9. The second-order valence-electron chi connectivity index (χ2n) is 8.10. The first-order valence-corrected chi connectivity index (χ1v) is 13.7. The molecular weight excluding hydrogens is 454 g/mol. The van der Waals surface area contributed by atoms with Crippen molar-refractivity contribution in [2.24, 2.45) is 0 Å². The Labute approximate surface area is 187 Å². The molecule has 172 valence electrons. The van der Waals surface area contributed by atoms with Crippen molar-refractivity contribution in [1.82, 2.24) is 8.87 Å². The number of sulfonamides is 1. The summed E-state index contributed by atoms with van der Waals surface area (Å²) in [7, 11) is -6.99. The summed E-state index contributed by atoms with van der Waals surface area (Å²) < 4.78 is 52.2. The van der Waals surface area contributed by atoms with Gasteiger partial charge < -0.3 is 9.47 Å². The molecule has 0 unspecified atom stereocenters. The van der Waals surface area contributed by atoms with E-state index >= 15 is 0 Å². The molecule has 2 aromatic rings. The molecule has 0 spiro atoms. The predicted octanol–water partition coefficient (Wildman–Crippen LogP) is 0.853. The number of aromatic nitrogens is 1. The number of pyridine rings is 1. The summed E-state index contributed by atoms with van der Waals surface area (Å²) in [6.07, 6.45) is 3.07. The predicted molar refractivity (Wildman–Crippen MR) is 120 cm³/mol. The van der Waals surface area contributed by atoms with Gasteiger partial charge in [0.1, 0.15) is 6.54 Å². The van der Waals surface area contributed by atoms with E-state index in [1.165, 1.54) is 21.5 Å². The molecule has 2 aliphatic heterocycles. The van der Waals surface area contributed by atoms with Gasteiger partial charge in [0.2, 0.25) is 15.9 Å². The molecule has 2 fully saturated rings. The molecule has 2 saturated heterocycles. The topological polar surface area (TPSA) is 114 Å². The van der Waals surface area contributed by atoms with Crippen molar-refractivity contribution in [2.45, 2.75) is 36.7 Å². The first kappa shape index (κ1) is 22.7. The molecule has 1 aromatic heterocycles. The van der Waals surface area contributed by atoms with Crippen LogP contribution < -0.4 is 10.5 Å². The van der Waals surface area contributed by atoms with Crippen molar-refractivity contribution in [3.05, 3.63) is 59.0 Å². The molecular formula is C21H25N3O6S2. The molecule has 0 saturated carbocycles. The fourth-order valence-corrected chi connectivity index (χ4v) is 7.45. The molecule has 1 amide bonds. The average Bonchev–Trinajstić information content (AvgIpc) is 3.41. The molecule has 0 radical (unpaired) electrons. The van der Waals surface area contributed by atoms with Crippen LogP contribution in [0.1, 0.15) is 19.3 Å². The van der Waals surface area contributed by atoms with Gasteiger partial charge >= 0.3 is 0 Å². The second-order valence-corrected chi connectivity index (χ2v) is 12.3. The van der Waals surface area contributed by atoms with Crippen molar-refractivity contribution < 1.29 is 21.6 Å². The van der Waals surface area contributed by atoms with Crippen molar-refractivity contribution in [1.29, 1.82) is 0 Å². The summed E-state index contributed by atoms with van der Waals surface area (Å²) in [4.78, 5) is 27.1. The molecule has 1 aromatic carbocycles. The van der Waals surface area contributed by atoms with Gasteiger partial charge in [-0.3, -0.25) is 9.59 Å². The SMILES string of the molecule is O=C(Cn1cc(S(=O)(=O)N2CCCC2)ccc1=O)N(c1ccccc1)[C@H]1CCS(=O)(=O)C1. The van der Waals surface area contributed by atoms with Crippen LogP contribution in [0.15, 0.2) is 58.4 Å². The molecule has 9 nitrogen and oxygen atoms in total. The van der Waals surface area contributed by atoms with Crippen molar-refractivity contribution >= 4 is 31.5 Å². The van der Waals surface area contributed by atoms with E-state index in [0.29, 0.717) is 25.2 Å². The zero-order chi connectivity index (χ0) is 22.9. The second kappa shape index (κ2) is 8.80. The number of carbonyl (C=O) groups is 1. The van der Waals surface area contributed by atoms with E-state index in [-0.39, 0.29) is 16.4 Å². The first-order chi connectivity index (χ1) is 15.2. The number of nitrogens with zero attached hydrogens (tertiary/aromatic N) is 3. The van der Waals surface area contributed by atoms with Gasteiger partial charge in [0, 0.05) is 31.0 Å². The van der Waals surface area contributed by atoms with E-state index in [1.807, 2.05) is 0 Å². The number of hydrogen-bond acceptors (Lipinski definition) is 6. The quantitative estimate of drug-likeness (QED) is 0.607. The molecule has 2 aliphatic rings. The third-order valence-corrected chi connectivity index (χ3v) is 9.47. The molecule has 11 heteroatoms. The number of sulfone groups is 1. The third kappa shape index (κ3) is 4.64. The maximum atomic E-state index is 13.3. The Kier molecular flexibility index (Phi) is 6.24. The Bertz CT molecular complexity index is 1270. The van der Waals surface area contributed by atoms with Gasteiger partial charge in [-0.1, -0.05) is 18.2 Å². The summed E-state index contributed by atoms with van der Waals surface area (Å²) in [5, 5.41) is 0. The first-order valence-electron chi connectivity index (χ1n) is 10.5. The lowest BCUT2D eigenvalue weighted by atomic mass is 10.1. The van der Waals surface area contributed by atoms with Crippen molar-refractivity contribution in [3.8, 4) is 0 Å². The smallest absolute Gasteiger partial charge is 0.251 e. The van der Waals surface area contributed by atoms with Gasteiger partial charge in [0.05, 0.1) is 22.4 Å². The largest absolute Gasteiger partial charge is 0.307 e. The number of para-hydroxylation sites is 1. The van der Waals surface area contributed by atoms with Crippen LogP contribution in [0, 0.1) is 0 Å². The highest BCUT2D eigenvalue weighted by Crippen LogP contribution is 2.25. The summed E-state index contributed by atoms with van der Waals surface area (Å²) in [5.74, 6) is -0.625. The Balaban J connectivity index is 1.64. The fourth-order valence-electron chi connectivity index (χ4n) is 4.21. The van der Waals surface area contributed by atoms with Crippen LogP contribution in [0.5, 0.6) is 0 Å². The number of carbonyl (C=O) groups excluding carboxylic acids is 1. The molecule has 1 atom stereocenters. The van der Waals surface area contributed by atoms with Gasteiger partial charge in [-0.2, -0.15) is 4.31 Å². The summed E-state index contributed by atoms with van der Waals surface area (Å²) in [6, 6.07) is 10.6. The highest BCUT2D eigenvalue weighted by Gasteiger charge is 2.36. The number of rotatable bonds is 6. The number of amides is 1. The maximum absolute atomic E-state index is 13.3. The summed E-state index contributed by atoms with van der Waals surface area (Å²) >= 11 is 0. The maximum Gasteiger partial charge on any atom is 0.251 e. The molecule has 3 heterocycles. The number of benzene rings is 1. The van der Waals surface area contributed by atoms with Crippen LogP contribution in [0.4, 0.5) is 5.69 Å². The lowest BCUT2D eigenvalue weighted by molar-refractivity contribution is -0.119. The lowest BCUT2D eigenvalue weighted by Gasteiger charge is -2.28. The Morgan fingerprint density at radius 1 is 1.06 bits per heavy atom. The lowest BCUT2D eigenvalue weighted by Crippen LogP contribution is -2.44. The standard InChI is InChI=1S/C21H25N3O6S2/c25-20-9-8-19(32(29,30)23-11-4-5-12-23)14-22(20)15-21(26)24(17-6-2-1-3-7-17)18-10-13-31(27,28)16-18/h1-3,6-9,14,18H,4-5,10-13,15-16H2/t18-/m0/s1. The van der Waals surface area contributed by atoms with Gasteiger partial charge in [0.25, 0.3) is 5.56 Å². The minimum atomic E-state index is -3.75. The van der Waals surface area contributed by atoms with Gasteiger partial charge in [-0.25, -0.2) is 16.8 Å². The molecule has 0 N–H and O–H groups in total. The highest BCUT2D eigenvalue weighted by molar-refractivity contribution is 7.91. The van der Waals surface area contributed by atoms with Gasteiger partial charge in [0.15, 0.2) is 9.84 Å². The molecule has 0 bridgehead atoms. The zero-order valence-electron chi connectivity index (χ0n) is 17.5. The van der Waals surface area contributed by atoms with Crippen molar-refractivity contribution in [3.63, 3.8) is 0 Å². The highest BCUT2D eigenvalue weighted by atomic mass is 32.2. The van der Waals surface area contributed by atoms with E-state index in [2.05, 4.69) is 0 Å². The minimum Gasteiger partial charge on any atom is -0.307 e. The number of hydrogen-bond donors (Lipinski definition) is 0. The van der Waals surface area contributed by atoms with E-state index in [4.69, 9.17) is 0 Å². The summed E-state index contributed by atoms with van der Waals surface area (Å²) in [5.41, 5.74) is 0.0271. The van der Waals surface area contributed by atoms with Crippen LogP contribution >= 0.6 is 0 Å². The molecule has 32 heavy (non-hydrogen) atoms. The number of anilines is 1. The summed E-state index contributed by atoms with van der Waals surface area (Å²) in [6.45, 7) is 0.463. The Hall–Kier alpha value is -2.50. The molecule has 4 rings (SSSR count). The van der Waals surface area contributed by atoms with Crippen LogP contribution in [0.2, 0.25) is 0 Å². The minimum absolute atomic E-state index is 0.00219. The van der Waals surface area contributed by atoms with Crippen LogP contribution in [0.25, 0.3) is 0 Å². The van der Waals surface area contributed by atoms with E-state index < -0.39 is 43.9 Å². The monoisotopic (exact) mass is 479 g/mol. The van der Waals surface area contributed by atoms with Crippen molar-refractivity contribution in [2.75, 3.05) is 29.5 Å². The third-order valence-electron chi connectivity index (χ3n) is 5.84. The van der Waals surface area contributed by atoms with E-state index in [9.17, 15) is 26.4 Å². The van der Waals surface area contributed by atoms with E-state index in [1.54, 1.807) is 30.3 Å².